The van der Waals surface area contributed by atoms with Gasteiger partial charge in [-0.3, -0.25) is 4.79 Å². The SMILES string of the molecule is CCCOc1ccc2c(c1)[C@H](CCNC(=O)CC)CC2. The van der Waals surface area contributed by atoms with Crippen molar-refractivity contribution in [3.63, 3.8) is 0 Å². The quantitative estimate of drug-likeness (QED) is 0.828. The normalized spacial score (nSPS) is 16.8. The van der Waals surface area contributed by atoms with Crippen molar-refractivity contribution in [2.45, 2.75) is 51.9 Å². The maximum Gasteiger partial charge on any atom is 0.219 e. The molecule has 110 valence electrons. The summed E-state index contributed by atoms with van der Waals surface area (Å²) in [6, 6.07) is 6.48. The van der Waals surface area contributed by atoms with Crippen molar-refractivity contribution in [3.05, 3.63) is 29.3 Å². The van der Waals surface area contributed by atoms with Gasteiger partial charge in [0.2, 0.25) is 5.91 Å². The van der Waals surface area contributed by atoms with Crippen molar-refractivity contribution in [3.8, 4) is 5.75 Å². The molecule has 0 fully saturated rings. The number of nitrogens with one attached hydrogen (secondary N) is 1. The van der Waals surface area contributed by atoms with Crippen molar-refractivity contribution >= 4 is 5.91 Å². The summed E-state index contributed by atoms with van der Waals surface area (Å²) in [4.78, 5) is 11.3. The lowest BCUT2D eigenvalue weighted by molar-refractivity contribution is -0.120. The van der Waals surface area contributed by atoms with Gasteiger partial charge in [-0.15, -0.1) is 0 Å². The standard InChI is InChI=1S/C17H25NO2/c1-3-11-20-15-8-7-13-5-6-14(16(13)12-15)9-10-18-17(19)4-2/h7-8,12,14H,3-6,9-11H2,1-2H3,(H,18,19)/t14-/m0/s1. The summed E-state index contributed by atoms with van der Waals surface area (Å²) in [5.74, 6) is 1.69. The zero-order valence-electron chi connectivity index (χ0n) is 12.6. The molecule has 1 aromatic rings. The van der Waals surface area contributed by atoms with Gasteiger partial charge in [0.1, 0.15) is 5.75 Å². The number of fused-ring (bicyclic) bond motifs is 1. The Labute approximate surface area is 121 Å². The molecule has 1 aliphatic carbocycles. The van der Waals surface area contributed by atoms with E-state index in [1.165, 1.54) is 17.5 Å². The lowest BCUT2D eigenvalue weighted by Gasteiger charge is -2.13. The fourth-order valence-corrected chi connectivity index (χ4v) is 2.79. The summed E-state index contributed by atoms with van der Waals surface area (Å²) in [6.45, 7) is 5.55. The van der Waals surface area contributed by atoms with Crippen LogP contribution in [0.3, 0.4) is 0 Å². The number of ether oxygens (including phenoxy) is 1. The van der Waals surface area contributed by atoms with Crippen molar-refractivity contribution < 1.29 is 9.53 Å². The topological polar surface area (TPSA) is 38.3 Å². The number of aryl methyl sites for hydroxylation is 1. The zero-order valence-corrected chi connectivity index (χ0v) is 12.6. The molecule has 0 heterocycles. The van der Waals surface area contributed by atoms with Gasteiger partial charge in [-0.25, -0.2) is 0 Å². The predicted octanol–water partition coefficient (Wildman–Crippen LogP) is 3.42. The highest BCUT2D eigenvalue weighted by molar-refractivity contribution is 5.75. The average molecular weight is 275 g/mol. The molecule has 1 aliphatic rings. The lowest BCUT2D eigenvalue weighted by atomic mass is 9.97. The first kappa shape index (κ1) is 14.9. The Morgan fingerprint density at radius 3 is 3.00 bits per heavy atom. The summed E-state index contributed by atoms with van der Waals surface area (Å²) in [6.07, 6.45) is 4.96. The van der Waals surface area contributed by atoms with Crippen LogP contribution in [0.5, 0.6) is 5.75 Å². The number of carbonyl (C=O) groups is 1. The number of hydrogen-bond donors (Lipinski definition) is 1. The maximum atomic E-state index is 11.3. The molecule has 0 saturated heterocycles. The van der Waals surface area contributed by atoms with Crippen LogP contribution in [0.1, 0.15) is 56.6 Å². The Hall–Kier alpha value is -1.51. The van der Waals surface area contributed by atoms with Gasteiger partial charge in [0, 0.05) is 13.0 Å². The van der Waals surface area contributed by atoms with Gasteiger partial charge in [-0.1, -0.05) is 19.9 Å². The third kappa shape index (κ3) is 3.75. The third-order valence-electron chi connectivity index (χ3n) is 3.93. The van der Waals surface area contributed by atoms with E-state index in [0.717, 1.165) is 38.2 Å². The molecular weight excluding hydrogens is 250 g/mol. The van der Waals surface area contributed by atoms with E-state index in [1.807, 2.05) is 6.92 Å². The molecule has 1 aromatic carbocycles. The summed E-state index contributed by atoms with van der Waals surface area (Å²) in [5.41, 5.74) is 2.87. The summed E-state index contributed by atoms with van der Waals surface area (Å²) in [7, 11) is 0. The van der Waals surface area contributed by atoms with E-state index in [-0.39, 0.29) is 5.91 Å². The van der Waals surface area contributed by atoms with E-state index in [0.29, 0.717) is 12.3 Å². The van der Waals surface area contributed by atoms with Crippen molar-refractivity contribution in [2.75, 3.05) is 13.2 Å². The Morgan fingerprint density at radius 2 is 2.25 bits per heavy atom. The first-order valence-electron chi connectivity index (χ1n) is 7.77. The van der Waals surface area contributed by atoms with Gasteiger partial charge >= 0.3 is 0 Å². The van der Waals surface area contributed by atoms with Crippen LogP contribution in [0.4, 0.5) is 0 Å². The Balaban J connectivity index is 1.94. The first-order chi connectivity index (χ1) is 9.74. The largest absolute Gasteiger partial charge is 0.494 e. The van der Waals surface area contributed by atoms with E-state index in [4.69, 9.17) is 4.74 Å². The summed E-state index contributed by atoms with van der Waals surface area (Å²) < 4.78 is 5.72. The van der Waals surface area contributed by atoms with Crippen LogP contribution >= 0.6 is 0 Å². The van der Waals surface area contributed by atoms with E-state index in [2.05, 4.69) is 30.4 Å². The predicted molar refractivity (Wildman–Crippen MR) is 81.2 cm³/mol. The molecule has 0 aliphatic heterocycles. The Kier molecular flexibility index (Phi) is 5.45. The minimum atomic E-state index is 0.142. The fraction of sp³-hybridized carbons (Fsp3) is 0.588. The zero-order chi connectivity index (χ0) is 14.4. The number of benzene rings is 1. The van der Waals surface area contributed by atoms with Crippen LogP contribution in [0.2, 0.25) is 0 Å². The monoisotopic (exact) mass is 275 g/mol. The summed E-state index contributed by atoms with van der Waals surface area (Å²) >= 11 is 0. The molecule has 20 heavy (non-hydrogen) atoms. The third-order valence-corrected chi connectivity index (χ3v) is 3.93. The van der Waals surface area contributed by atoms with Crippen LogP contribution in [0.15, 0.2) is 18.2 Å². The second kappa shape index (κ2) is 7.32. The smallest absolute Gasteiger partial charge is 0.219 e. The van der Waals surface area contributed by atoms with Crippen molar-refractivity contribution in [1.29, 1.82) is 0 Å². The molecule has 3 nitrogen and oxygen atoms in total. The maximum absolute atomic E-state index is 11.3. The molecular formula is C17H25NO2. The second-order valence-corrected chi connectivity index (χ2v) is 5.44. The van der Waals surface area contributed by atoms with Crippen molar-refractivity contribution in [1.82, 2.24) is 5.32 Å². The van der Waals surface area contributed by atoms with E-state index in [1.54, 1.807) is 0 Å². The van der Waals surface area contributed by atoms with Crippen LogP contribution in [0.25, 0.3) is 0 Å². The molecule has 3 heteroatoms. The first-order valence-corrected chi connectivity index (χ1v) is 7.77. The highest BCUT2D eigenvalue weighted by Gasteiger charge is 2.22. The van der Waals surface area contributed by atoms with E-state index >= 15 is 0 Å². The molecule has 0 unspecified atom stereocenters. The van der Waals surface area contributed by atoms with Crippen LogP contribution in [-0.4, -0.2) is 19.1 Å². The highest BCUT2D eigenvalue weighted by atomic mass is 16.5. The Bertz CT molecular complexity index is 456. The molecule has 0 radical (unpaired) electrons. The molecule has 2 rings (SSSR count). The van der Waals surface area contributed by atoms with Crippen LogP contribution in [-0.2, 0) is 11.2 Å². The summed E-state index contributed by atoms with van der Waals surface area (Å²) in [5, 5.41) is 2.97. The van der Waals surface area contributed by atoms with Gasteiger partial charge in [0.25, 0.3) is 0 Å². The second-order valence-electron chi connectivity index (χ2n) is 5.44. The van der Waals surface area contributed by atoms with Crippen LogP contribution < -0.4 is 10.1 Å². The molecule has 1 amide bonds. The van der Waals surface area contributed by atoms with Gasteiger partial charge < -0.3 is 10.1 Å². The van der Waals surface area contributed by atoms with E-state index < -0.39 is 0 Å². The fourth-order valence-electron chi connectivity index (χ4n) is 2.79. The van der Waals surface area contributed by atoms with Gasteiger partial charge in [-0.05, 0) is 54.9 Å². The van der Waals surface area contributed by atoms with Gasteiger partial charge in [0.15, 0.2) is 0 Å². The molecule has 1 atom stereocenters. The highest BCUT2D eigenvalue weighted by Crippen LogP contribution is 2.37. The number of hydrogen-bond acceptors (Lipinski definition) is 2. The van der Waals surface area contributed by atoms with E-state index in [9.17, 15) is 4.79 Å². The number of amides is 1. The molecule has 0 spiro atoms. The van der Waals surface area contributed by atoms with Crippen molar-refractivity contribution in [2.24, 2.45) is 0 Å². The van der Waals surface area contributed by atoms with Gasteiger partial charge in [0.05, 0.1) is 6.61 Å². The van der Waals surface area contributed by atoms with Gasteiger partial charge in [-0.2, -0.15) is 0 Å². The Morgan fingerprint density at radius 1 is 1.40 bits per heavy atom. The lowest BCUT2D eigenvalue weighted by Crippen LogP contribution is -2.24. The molecule has 1 N–H and O–H groups in total. The average Bonchev–Trinajstić information content (AvgIpc) is 2.87. The minimum Gasteiger partial charge on any atom is -0.494 e. The molecule has 0 saturated carbocycles. The number of carbonyl (C=O) groups excluding carboxylic acids is 1. The minimum absolute atomic E-state index is 0.142. The van der Waals surface area contributed by atoms with Crippen LogP contribution in [0, 0.1) is 0 Å². The molecule has 0 aromatic heterocycles. The molecule has 0 bridgehead atoms. The number of rotatable bonds is 7.